The minimum absolute atomic E-state index is 0.222. The van der Waals surface area contributed by atoms with Gasteiger partial charge in [0.25, 0.3) is 0 Å². The molecule has 1 N–H and O–H groups in total. The van der Waals surface area contributed by atoms with Gasteiger partial charge in [-0.15, -0.1) is 0 Å². The predicted octanol–water partition coefficient (Wildman–Crippen LogP) is 0.0729. The van der Waals surface area contributed by atoms with E-state index in [9.17, 15) is 9.59 Å². The van der Waals surface area contributed by atoms with Crippen molar-refractivity contribution in [3.63, 3.8) is 0 Å². The standard InChI is InChI=1S/C7H14N2O3/c1-5(6(10)8(2)3)9(4)7(11)12/h5H,1-4H3,(H,11,12). The van der Waals surface area contributed by atoms with Crippen LogP contribution in [0.1, 0.15) is 6.92 Å². The quantitative estimate of drug-likeness (QED) is 0.644. The van der Waals surface area contributed by atoms with Crippen LogP contribution in [0.4, 0.5) is 4.79 Å². The van der Waals surface area contributed by atoms with Crippen LogP contribution in [0.3, 0.4) is 0 Å². The second-order valence-electron chi connectivity index (χ2n) is 2.80. The predicted molar refractivity (Wildman–Crippen MR) is 43.9 cm³/mol. The fourth-order valence-corrected chi connectivity index (χ4v) is 0.705. The Kier molecular flexibility index (Phi) is 3.53. The van der Waals surface area contributed by atoms with Crippen LogP contribution >= 0.6 is 0 Å². The molecular formula is C7H14N2O3. The van der Waals surface area contributed by atoms with Crippen LogP contribution in [0.5, 0.6) is 0 Å². The Morgan fingerprint density at radius 3 is 1.92 bits per heavy atom. The molecule has 5 heteroatoms. The third kappa shape index (κ3) is 2.41. The van der Waals surface area contributed by atoms with Gasteiger partial charge in [-0.3, -0.25) is 9.69 Å². The van der Waals surface area contributed by atoms with Crippen LogP contribution in [-0.2, 0) is 4.79 Å². The maximum Gasteiger partial charge on any atom is 0.407 e. The van der Waals surface area contributed by atoms with Gasteiger partial charge < -0.3 is 10.0 Å². The normalized spacial score (nSPS) is 12.0. The summed E-state index contributed by atoms with van der Waals surface area (Å²) < 4.78 is 0. The van der Waals surface area contributed by atoms with E-state index in [1.54, 1.807) is 21.0 Å². The van der Waals surface area contributed by atoms with E-state index in [-0.39, 0.29) is 5.91 Å². The molecule has 1 atom stereocenters. The van der Waals surface area contributed by atoms with Crippen molar-refractivity contribution in [3.05, 3.63) is 0 Å². The Bertz CT molecular complexity index is 191. The lowest BCUT2D eigenvalue weighted by Gasteiger charge is -2.23. The molecule has 0 aromatic carbocycles. The Morgan fingerprint density at radius 1 is 1.25 bits per heavy atom. The summed E-state index contributed by atoms with van der Waals surface area (Å²) >= 11 is 0. The molecule has 5 nitrogen and oxygen atoms in total. The molecule has 0 saturated heterocycles. The number of carboxylic acid groups (broad SMARTS) is 1. The van der Waals surface area contributed by atoms with Gasteiger partial charge in [0, 0.05) is 21.1 Å². The summed E-state index contributed by atoms with van der Waals surface area (Å²) in [5, 5.41) is 8.54. The molecule has 0 aliphatic heterocycles. The number of rotatable bonds is 2. The first-order valence-electron chi connectivity index (χ1n) is 3.54. The average Bonchev–Trinajstić information content (AvgIpc) is 2.00. The van der Waals surface area contributed by atoms with E-state index in [4.69, 9.17) is 5.11 Å². The molecule has 0 heterocycles. The summed E-state index contributed by atoms with van der Waals surface area (Å²) in [7, 11) is 4.55. The third-order valence-electron chi connectivity index (χ3n) is 1.68. The number of hydrogen-bond donors (Lipinski definition) is 1. The molecule has 70 valence electrons. The lowest BCUT2D eigenvalue weighted by atomic mass is 10.3. The van der Waals surface area contributed by atoms with Crippen molar-refractivity contribution >= 4 is 12.0 Å². The highest BCUT2D eigenvalue weighted by atomic mass is 16.4. The zero-order valence-electron chi connectivity index (χ0n) is 7.74. The van der Waals surface area contributed by atoms with Gasteiger partial charge in [-0.05, 0) is 6.92 Å². The minimum atomic E-state index is -1.10. The molecule has 0 radical (unpaired) electrons. The van der Waals surface area contributed by atoms with Crippen molar-refractivity contribution in [1.82, 2.24) is 9.80 Å². The second-order valence-corrected chi connectivity index (χ2v) is 2.80. The molecule has 1 unspecified atom stereocenters. The van der Waals surface area contributed by atoms with Gasteiger partial charge in [-0.2, -0.15) is 0 Å². The van der Waals surface area contributed by atoms with Crippen LogP contribution < -0.4 is 0 Å². The lowest BCUT2D eigenvalue weighted by molar-refractivity contribution is -0.132. The van der Waals surface area contributed by atoms with Crippen LogP contribution in [0.25, 0.3) is 0 Å². The topological polar surface area (TPSA) is 60.9 Å². The molecule has 0 spiro atoms. The van der Waals surface area contributed by atoms with E-state index in [0.717, 1.165) is 4.90 Å². The van der Waals surface area contributed by atoms with Crippen LogP contribution in [-0.4, -0.2) is 54.1 Å². The molecule has 0 aromatic heterocycles. The van der Waals surface area contributed by atoms with Crippen molar-refractivity contribution < 1.29 is 14.7 Å². The summed E-state index contributed by atoms with van der Waals surface area (Å²) in [5.41, 5.74) is 0. The summed E-state index contributed by atoms with van der Waals surface area (Å²) in [6, 6.07) is -0.627. The first kappa shape index (κ1) is 10.7. The van der Waals surface area contributed by atoms with E-state index < -0.39 is 12.1 Å². The maximum atomic E-state index is 11.2. The molecule has 0 aliphatic carbocycles. The van der Waals surface area contributed by atoms with Crippen molar-refractivity contribution in [1.29, 1.82) is 0 Å². The number of nitrogens with zero attached hydrogens (tertiary/aromatic N) is 2. The van der Waals surface area contributed by atoms with E-state index in [1.807, 2.05) is 0 Å². The zero-order valence-corrected chi connectivity index (χ0v) is 7.74. The van der Waals surface area contributed by atoms with Gasteiger partial charge in [0.05, 0.1) is 0 Å². The zero-order chi connectivity index (χ0) is 9.89. The Balaban J connectivity index is 4.29. The van der Waals surface area contributed by atoms with Gasteiger partial charge in [0.2, 0.25) is 5.91 Å². The number of hydrogen-bond acceptors (Lipinski definition) is 2. The molecule has 0 aromatic rings. The molecule has 2 amide bonds. The first-order valence-corrected chi connectivity index (χ1v) is 3.54. The van der Waals surface area contributed by atoms with Crippen molar-refractivity contribution in [2.24, 2.45) is 0 Å². The van der Waals surface area contributed by atoms with Gasteiger partial charge in [0.15, 0.2) is 0 Å². The Morgan fingerprint density at radius 2 is 1.67 bits per heavy atom. The smallest absolute Gasteiger partial charge is 0.407 e. The van der Waals surface area contributed by atoms with E-state index >= 15 is 0 Å². The first-order chi connectivity index (χ1) is 5.37. The number of likely N-dealkylation sites (N-methyl/N-ethyl adjacent to an activating group) is 2. The van der Waals surface area contributed by atoms with E-state index in [0.29, 0.717) is 0 Å². The fourth-order valence-electron chi connectivity index (χ4n) is 0.705. The SMILES string of the molecule is CC(C(=O)N(C)C)N(C)C(=O)O. The summed E-state index contributed by atoms with van der Waals surface area (Å²) in [4.78, 5) is 24.0. The highest BCUT2D eigenvalue weighted by Gasteiger charge is 2.22. The largest absolute Gasteiger partial charge is 0.465 e. The summed E-state index contributed by atoms with van der Waals surface area (Å²) in [6.45, 7) is 1.55. The van der Waals surface area contributed by atoms with Crippen LogP contribution in [0, 0.1) is 0 Å². The van der Waals surface area contributed by atoms with Gasteiger partial charge in [0.1, 0.15) is 6.04 Å². The lowest BCUT2D eigenvalue weighted by Crippen LogP contribution is -2.44. The molecule has 0 bridgehead atoms. The molecule has 0 saturated carbocycles. The van der Waals surface area contributed by atoms with Crippen molar-refractivity contribution in [2.75, 3.05) is 21.1 Å². The van der Waals surface area contributed by atoms with Crippen molar-refractivity contribution in [2.45, 2.75) is 13.0 Å². The second kappa shape index (κ2) is 3.94. The minimum Gasteiger partial charge on any atom is -0.465 e. The van der Waals surface area contributed by atoms with Gasteiger partial charge in [-0.25, -0.2) is 4.79 Å². The highest BCUT2D eigenvalue weighted by molar-refractivity contribution is 5.84. The van der Waals surface area contributed by atoms with E-state index in [2.05, 4.69) is 0 Å². The maximum absolute atomic E-state index is 11.2. The molecule has 0 rings (SSSR count). The molecule has 12 heavy (non-hydrogen) atoms. The Labute approximate surface area is 71.6 Å². The number of carbonyl (C=O) groups is 2. The number of carbonyl (C=O) groups excluding carboxylic acids is 1. The highest BCUT2D eigenvalue weighted by Crippen LogP contribution is 1.98. The Hall–Kier alpha value is -1.26. The van der Waals surface area contributed by atoms with Crippen molar-refractivity contribution in [3.8, 4) is 0 Å². The summed E-state index contributed by atoms with van der Waals surface area (Å²) in [5.74, 6) is -0.222. The summed E-state index contributed by atoms with van der Waals surface area (Å²) in [6.07, 6.45) is -1.10. The van der Waals surface area contributed by atoms with E-state index in [1.165, 1.54) is 11.9 Å². The molecular weight excluding hydrogens is 160 g/mol. The van der Waals surface area contributed by atoms with Crippen LogP contribution in [0.2, 0.25) is 0 Å². The molecule has 0 aliphatic rings. The molecule has 0 fully saturated rings. The van der Waals surface area contributed by atoms with Gasteiger partial charge >= 0.3 is 6.09 Å². The third-order valence-corrected chi connectivity index (χ3v) is 1.68. The number of amides is 2. The van der Waals surface area contributed by atoms with Crippen LogP contribution in [0.15, 0.2) is 0 Å². The fraction of sp³-hybridized carbons (Fsp3) is 0.714. The average molecular weight is 174 g/mol. The van der Waals surface area contributed by atoms with Gasteiger partial charge in [-0.1, -0.05) is 0 Å². The monoisotopic (exact) mass is 174 g/mol.